The molecule has 1 atom stereocenters. The van der Waals surface area contributed by atoms with Crippen LogP contribution in [0.15, 0.2) is 24.4 Å². The summed E-state index contributed by atoms with van der Waals surface area (Å²) in [6, 6.07) is 4.03. The Morgan fingerprint density at radius 1 is 1.38 bits per heavy atom. The Morgan fingerprint density at radius 2 is 2.10 bits per heavy atom. The van der Waals surface area contributed by atoms with Gasteiger partial charge in [0.25, 0.3) is 0 Å². The van der Waals surface area contributed by atoms with E-state index in [-0.39, 0.29) is 0 Å². The third-order valence-electron chi connectivity index (χ3n) is 3.53. The number of methoxy groups -OCH3 is 1. The summed E-state index contributed by atoms with van der Waals surface area (Å²) in [5.41, 5.74) is 9.24. The Labute approximate surface area is 128 Å². The molecule has 5 heteroatoms. The maximum Gasteiger partial charge on any atom is 0.129 e. The van der Waals surface area contributed by atoms with E-state index in [0.29, 0.717) is 17.0 Å². The van der Waals surface area contributed by atoms with Gasteiger partial charge in [0, 0.05) is 46.1 Å². The van der Waals surface area contributed by atoms with Crippen molar-refractivity contribution < 1.29 is 9.13 Å². The number of hydrogen-bond donors (Lipinski definition) is 1. The van der Waals surface area contributed by atoms with Crippen LogP contribution in [-0.2, 0) is 6.42 Å². The maximum absolute atomic E-state index is 13.9. The van der Waals surface area contributed by atoms with E-state index in [2.05, 4.69) is 4.98 Å². The molecule has 0 aliphatic heterocycles. The molecule has 0 aliphatic rings. The van der Waals surface area contributed by atoms with Crippen molar-refractivity contribution >= 4 is 11.6 Å². The van der Waals surface area contributed by atoms with E-state index in [4.69, 9.17) is 22.1 Å². The molecule has 1 unspecified atom stereocenters. The Hall–Kier alpha value is -1.65. The van der Waals surface area contributed by atoms with Crippen LogP contribution in [0.1, 0.15) is 28.4 Å². The third-order valence-corrected chi connectivity index (χ3v) is 3.76. The molecular formula is C16H18ClFN2O. The van der Waals surface area contributed by atoms with E-state index in [9.17, 15) is 4.39 Å². The molecular weight excluding hydrogens is 291 g/mol. The van der Waals surface area contributed by atoms with Gasteiger partial charge < -0.3 is 10.5 Å². The molecule has 1 aromatic heterocycles. The number of pyridine rings is 1. The molecule has 0 bridgehead atoms. The summed E-state index contributed by atoms with van der Waals surface area (Å²) in [6.07, 6.45) is 2.17. The lowest BCUT2D eigenvalue weighted by molar-refractivity contribution is 0.406. The van der Waals surface area contributed by atoms with Crippen molar-refractivity contribution in [2.45, 2.75) is 26.3 Å². The smallest absolute Gasteiger partial charge is 0.129 e. The zero-order valence-corrected chi connectivity index (χ0v) is 13.0. The van der Waals surface area contributed by atoms with Gasteiger partial charge in [-0.05, 0) is 26.0 Å². The van der Waals surface area contributed by atoms with Crippen LogP contribution in [0.5, 0.6) is 5.75 Å². The zero-order valence-electron chi connectivity index (χ0n) is 12.3. The minimum Gasteiger partial charge on any atom is -0.496 e. The van der Waals surface area contributed by atoms with E-state index in [1.807, 2.05) is 13.8 Å². The van der Waals surface area contributed by atoms with Gasteiger partial charge >= 0.3 is 0 Å². The molecule has 0 saturated carbocycles. The van der Waals surface area contributed by atoms with Gasteiger partial charge in [0.2, 0.25) is 0 Å². The number of halogens is 2. The molecule has 0 radical (unpaired) electrons. The number of rotatable bonds is 4. The first kappa shape index (κ1) is 15.7. The van der Waals surface area contributed by atoms with Crippen molar-refractivity contribution in [3.63, 3.8) is 0 Å². The normalized spacial score (nSPS) is 12.3. The van der Waals surface area contributed by atoms with Gasteiger partial charge in [-0.15, -0.1) is 0 Å². The van der Waals surface area contributed by atoms with Gasteiger partial charge in [-0.2, -0.15) is 0 Å². The minimum atomic E-state index is -0.485. The molecule has 21 heavy (non-hydrogen) atoms. The monoisotopic (exact) mass is 308 g/mol. The van der Waals surface area contributed by atoms with Gasteiger partial charge in [-0.3, -0.25) is 4.98 Å². The van der Waals surface area contributed by atoms with Crippen molar-refractivity contribution in [3.05, 3.63) is 57.6 Å². The number of aryl methyl sites for hydroxylation is 1. The van der Waals surface area contributed by atoms with Crippen molar-refractivity contribution in [1.82, 2.24) is 4.98 Å². The zero-order chi connectivity index (χ0) is 15.6. The van der Waals surface area contributed by atoms with Crippen molar-refractivity contribution in [1.29, 1.82) is 0 Å². The Kier molecular flexibility index (Phi) is 4.80. The summed E-state index contributed by atoms with van der Waals surface area (Å²) >= 11 is 5.75. The van der Waals surface area contributed by atoms with Crippen LogP contribution < -0.4 is 10.5 Å². The van der Waals surface area contributed by atoms with E-state index in [0.717, 1.165) is 22.6 Å². The highest BCUT2D eigenvalue weighted by Crippen LogP contribution is 2.27. The number of nitrogens with two attached hydrogens (primary N) is 1. The minimum absolute atomic E-state index is 0.356. The maximum atomic E-state index is 13.9. The SMILES string of the molecule is COc1c(C)cnc(CC(N)c2ccc(Cl)cc2F)c1C. The van der Waals surface area contributed by atoms with Gasteiger partial charge in [0.05, 0.1) is 7.11 Å². The lowest BCUT2D eigenvalue weighted by atomic mass is 9.99. The average Bonchev–Trinajstić information content (AvgIpc) is 2.42. The fraction of sp³-hybridized carbons (Fsp3) is 0.312. The molecule has 2 rings (SSSR count). The second kappa shape index (κ2) is 6.41. The Balaban J connectivity index is 2.29. The predicted octanol–water partition coefficient (Wildman–Crippen LogP) is 3.74. The van der Waals surface area contributed by atoms with Gasteiger partial charge in [-0.25, -0.2) is 4.39 Å². The summed E-state index contributed by atoms with van der Waals surface area (Å²) in [5.74, 6) is 0.399. The van der Waals surface area contributed by atoms with E-state index in [1.165, 1.54) is 6.07 Å². The van der Waals surface area contributed by atoms with Gasteiger partial charge in [0.15, 0.2) is 0 Å². The topological polar surface area (TPSA) is 48.1 Å². The molecule has 1 heterocycles. The highest BCUT2D eigenvalue weighted by Gasteiger charge is 2.16. The molecule has 0 spiro atoms. The standard InChI is InChI=1S/C16H18ClFN2O/c1-9-8-20-15(10(2)16(9)21-3)7-14(19)12-5-4-11(17)6-13(12)18/h4-6,8,14H,7,19H2,1-3H3. The van der Waals surface area contributed by atoms with E-state index < -0.39 is 11.9 Å². The van der Waals surface area contributed by atoms with Crippen LogP contribution in [0.2, 0.25) is 5.02 Å². The number of nitrogens with zero attached hydrogens (tertiary/aromatic N) is 1. The number of benzene rings is 1. The lowest BCUT2D eigenvalue weighted by Gasteiger charge is -2.16. The fourth-order valence-corrected chi connectivity index (χ4v) is 2.56. The Morgan fingerprint density at radius 3 is 2.71 bits per heavy atom. The van der Waals surface area contributed by atoms with E-state index >= 15 is 0 Å². The van der Waals surface area contributed by atoms with Gasteiger partial charge in [-0.1, -0.05) is 17.7 Å². The second-order valence-electron chi connectivity index (χ2n) is 5.02. The largest absolute Gasteiger partial charge is 0.496 e. The first-order valence-electron chi connectivity index (χ1n) is 6.63. The lowest BCUT2D eigenvalue weighted by Crippen LogP contribution is -2.16. The molecule has 3 nitrogen and oxygen atoms in total. The van der Waals surface area contributed by atoms with Crippen LogP contribution >= 0.6 is 11.6 Å². The van der Waals surface area contributed by atoms with Crippen LogP contribution in [-0.4, -0.2) is 12.1 Å². The Bertz CT molecular complexity index is 661. The molecule has 2 aromatic rings. The highest BCUT2D eigenvalue weighted by atomic mass is 35.5. The molecule has 0 aliphatic carbocycles. The van der Waals surface area contributed by atoms with Crippen LogP contribution in [0.3, 0.4) is 0 Å². The average molecular weight is 309 g/mol. The first-order valence-corrected chi connectivity index (χ1v) is 7.01. The summed E-state index contributed by atoms with van der Waals surface area (Å²) in [7, 11) is 1.62. The summed E-state index contributed by atoms with van der Waals surface area (Å²) in [5, 5.41) is 0.356. The molecule has 0 amide bonds. The molecule has 112 valence electrons. The van der Waals surface area contributed by atoms with Crippen molar-refractivity contribution in [3.8, 4) is 5.75 Å². The predicted molar refractivity (Wildman–Crippen MR) is 82.3 cm³/mol. The van der Waals surface area contributed by atoms with Crippen molar-refractivity contribution in [2.75, 3.05) is 7.11 Å². The van der Waals surface area contributed by atoms with Crippen LogP contribution in [0, 0.1) is 19.7 Å². The van der Waals surface area contributed by atoms with Gasteiger partial charge in [0.1, 0.15) is 11.6 Å². The highest BCUT2D eigenvalue weighted by molar-refractivity contribution is 6.30. The van der Waals surface area contributed by atoms with Crippen molar-refractivity contribution in [2.24, 2.45) is 5.73 Å². The third kappa shape index (κ3) is 3.34. The van der Waals surface area contributed by atoms with Crippen LogP contribution in [0.25, 0.3) is 0 Å². The summed E-state index contributed by atoms with van der Waals surface area (Å²) in [6.45, 7) is 3.86. The van der Waals surface area contributed by atoms with E-state index in [1.54, 1.807) is 25.4 Å². The number of aromatic nitrogens is 1. The quantitative estimate of drug-likeness (QED) is 0.936. The first-order chi connectivity index (χ1) is 9.93. The molecule has 0 saturated heterocycles. The molecule has 2 N–H and O–H groups in total. The van der Waals surface area contributed by atoms with Crippen LogP contribution in [0.4, 0.5) is 4.39 Å². The summed E-state index contributed by atoms with van der Waals surface area (Å²) in [4.78, 5) is 4.39. The molecule has 1 aromatic carbocycles. The fourth-order valence-electron chi connectivity index (χ4n) is 2.40. The molecule has 0 fully saturated rings. The second-order valence-corrected chi connectivity index (χ2v) is 5.46. The number of ether oxygens (including phenoxy) is 1. The number of hydrogen-bond acceptors (Lipinski definition) is 3. The summed E-state index contributed by atoms with van der Waals surface area (Å²) < 4.78 is 19.3.